The number of hydrogen-bond acceptors (Lipinski definition) is 5. The molecule has 182 valence electrons. The maximum absolute atomic E-state index is 12.6. The van der Waals surface area contributed by atoms with E-state index in [0.29, 0.717) is 11.3 Å². The second-order valence-corrected chi connectivity index (χ2v) is 9.67. The quantitative estimate of drug-likeness (QED) is 0.158. The van der Waals surface area contributed by atoms with Crippen LogP contribution >= 0.6 is 0 Å². The van der Waals surface area contributed by atoms with Gasteiger partial charge in [0.2, 0.25) is 6.79 Å². The summed E-state index contributed by atoms with van der Waals surface area (Å²) in [5.74, 6) is 2.34. The van der Waals surface area contributed by atoms with Gasteiger partial charge in [0.25, 0.3) is 0 Å². The molecule has 5 nitrogen and oxygen atoms in total. The molecule has 1 aromatic rings. The van der Waals surface area contributed by atoms with Crippen LogP contribution in [0.2, 0.25) is 0 Å². The third-order valence-electron chi connectivity index (χ3n) is 7.45. The molecule has 0 heterocycles. The zero-order valence-corrected chi connectivity index (χ0v) is 20.1. The van der Waals surface area contributed by atoms with Crippen LogP contribution < -0.4 is 4.74 Å². The summed E-state index contributed by atoms with van der Waals surface area (Å²) in [6, 6.07) is 6.71. The van der Waals surface area contributed by atoms with Crippen LogP contribution in [0, 0.1) is 17.8 Å². The Balaban J connectivity index is 1.35. The lowest BCUT2D eigenvalue weighted by atomic mass is 9.70. The molecule has 0 amide bonds. The van der Waals surface area contributed by atoms with Gasteiger partial charge in [-0.25, -0.2) is 9.59 Å². The van der Waals surface area contributed by atoms with E-state index >= 15 is 0 Å². The normalized spacial score (nSPS) is 25.1. The average molecular weight is 457 g/mol. The molecule has 0 saturated heterocycles. The fourth-order valence-corrected chi connectivity index (χ4v) is 5.43. The summed E-state index contributed by atoms with van der Waals surface area (Å²) in [6.07, 6.45) is 16.6. The summed E-state index contributed by atoms with van der Waals surface area (Å²) < 4.78 is 15.9. The minimum Gasteiger partial charge on any atom is -0.459 e. The number of carbonyl (C=O) groups is 2. The Morgan fingerprint density at radius 3 is 2.18 bits per heavy atom. The van der Waals surface area contributed by atoms with Crippen molar-refractivity contribution >= 4 is 11.9 Å². The fourth-order valence-electron chi connectivity index (χ4n) is 5.43. The van der Waals surface area contributed by atoms with Crippen molar-refractivity contribution in [2.24, 2.45) is 17.8 Å². The molecular weight excluding hydrogens is 416 g/mol. The molecule has 2 saturated carbocycles. The van der Waals surface area contributed by atoms with E-state index in [1.54, 1.807) is 24.3 Å². The van der Waals surface area contributed by atoms with Crippen LogP contribution in [0.4, 0.5) is 0 Å². The molecule has 33 heavy (non-hydrogen) atoms. The maximum atomic E-state index is 12.6. The van der Waals surface area contributed by atoms with Crippen LogP contribution in [-0.4, -0.2) is 24.8 Å². The van der Waals surface area contributed by atoms with Gasteiger partial charge in [-0.3, -0.25) is 0 Å². The standard InChI is InChI=1S/C28H40O5/c1-3-5-6-7-21-8-10-22(11-9-21)23-12-18-26(19-13-23)33-28(30)24-14-16-25(17-15-24)31-20-32-27(29)4-2/h4,14-17,21-23,26H,2-3,5-13,18-20H2,1H3. The van der Waals surface area contributed by atoms with Crippen LogP contribution in [0.3, 0.4) is 0 Å². The Morgan fingerprint density at radius 1 is 0.939 bits per heavy atom. The van der Waals surface area contributed by atoms with Crippen molar-refractivity contribution in [3.63, 3.8) is 0 Å². The third kappa shape index (κ3) is 8.21. The number of unbranched alkanes of at least 4 members (excludes halogenated alkanes) is 2. The topological polar surface area (TPSA) is 61.8 Å². The van der Waals surface area contributed by atoms with Crippen molar-refractivity contribution in [3.05, 3.63) is 42.5 Å². The largest absolute Gasteiger partial charge is 0.459 e. The Labute approximate surface area is 198 Å². The van der Waals surface area contributed by atoms with E-state index in [2.05, 4.69) is 13.5 Å². The van der Waals surface area contributed by atoms with Crippen LogP contribution in [0.1, 0.15) is 94.3 Å². The molecular formula is C28H40O5. The second-order valence-electron chi connectivity index (χ2n) is 9.67. The van der Waals surface area contributed by atoms with Crippen molar-refractivity contribution in [1.29, 1.82) is 0 Å². The maximum Gasteiger partial charge on any atom is 0.338 e. The van der Waals surface area contributed by atoms with Gasteiger partial charge in [-0.2, -0.15) is 0 Å². The summed E-state index contributed by atoms with van der Waals surface area (Å²) in [7, 11) is 0. The van der Waals surface area contributed by atoms with Crippen molar-refractivity contribution in [3.8, 4) is 5.75 Å². The first-order chi connectivity index (χ1) is 16.1. The Hall–Kier alpha value is -2.30. The molecule has 2 aliphatic carbocycles. The van der Waals surface area contributed by atoms with Gasteiger partial charge >= 0.3 is 11.9 Å². The lowest BCUT2D eigenvalue weighted by molar-refractivity contribution is -0.144. The highest BCUT2D eigenvalue weighted by molar-refractivity contribution is 5.89. The Kier molecular flexibility index (Phi) is 10.3. The van der Waals surface area contributed by atoms with Crippen molar-refractivity contribution < 1.29 is 23.8 Å². The van der Waals surface area contributed by atoms with E-state index in [4.69, 9.17) is 14.2 Å². The van der Waals surface area contributed by atoms with Crippen molar-refractivity contribution in [2.45, 2.75) is 90.1 Å². The third-order valence-corrected chi connectivity index (χ3v) is 7.45. The second kappa shape index (κ2) is 13.4. The molecule has 0 N–H and O–H groups in total. The summed E-state index contributed by atoms with van der Waals surface area (Å²) in [5.41, 5.74) is 0.508. The first kappa shape index (κ1) is 25.3. The van der Waals surface area contributed by atoms with E-state index < -0.39 is 5.97 Å². The molecule has 0 atom stereocenters. The Morgan fingerprint density at radius 2 is 1.58 bits per heavy atom. The fraction of sp³-hybridized carbons (Fsp3) is 0.643. The SMILES string of the molecule is C=CC(=O)OCOc1ccc(C(=O)OC2CCC(C3CCC(CCCCC)CC3)CC2)cc1. The number of esters is 2. The predicted molar refractivity (Wildman–Crippen MR) is 129 cm³/mol. The molecule has 0 bridgehead atoms. The zero-order valence-electron chi connectivity index (χ0n) is 20.1. The van der Waals surface area contributed by atoms with Gasteiger partial charge in [-0.15, -0.1) is 0 Å². The number of benzene rings is 1. The van der Waals surface area contributed by atoms with Crippen LogP contribution in [0.5, 0.6) is 5.75 Å². The molecule has 5 heteroatoms. The lowest BCUT2D eigenvalue weighted by Gasteiger charge is -2.37. The van der Waals surface area contributed by atoms with E-state index in [1.165, 1.54) is 64.2 Å². The molecule has 0 radical (unpaired) electrons. The summed E-state index contributed by atoms with van der Waals surface area (Å²) in [4.78, 5) is 23.6. The van der Waals surface area contributed by atoms with Crippen molar-refractivity contribution in [1.82, 2.24) is 0 Å². The molecule has 1 aromatic carbocycles. The van der Waals surface area contributed by atoms with Gasteiger partial charge in [0.15, 0.2) is 0 Å². The van der Waals surface area contributed by atoms with E-state index in [0.717, 1.165) is 36.7 Å². The van der Waals surface area contributed by atoms with Gasteiger partial charge in [-0.1, -0.05) is 52.0 Å². The molecule has 0 aliphatic heterocycles. The van der Waals surface area contributed by atoms with E-state index in [-0.39, 0.29) is 18.9 Å². The number of carbonyl (C=O) groups excluding carboxylic acids is 2. The highest BCUT2D eigenvalue weighted by Gasteiger charge is 2.32. The summed E-state index contributed by atoms with van der Waals surface area (Å²) in [5, 5.41) is 0. The average Bonchev–Trinajstić information content (AvgIpc) is 2.85. The number of rotatable bonds is 11. The highest BCUT2D eigenvalue weighted by atomic mass is 16.7. The molecule has 3 rings (SSSR count). The smallest absolute Gasteiger partial charge is 0.338 e. The number of ether oxygens (including phenoxy) is 3. The number of hydrogen-bond donors (Lipinski definition) is 0. The van der Waals surface area contributed by atoms with E-state index in [9.17, 15) is 9.59 Å². The minimum absolute atomic E-state index is 0.0216. The highest BCUT2D eigenvalue weighted by Crippen LogP contribution is 2.41. The summed E-state index contributed by atoms with van der Waals surface area (Å²) >= 11 is 0. The van der Waals surface area contributed by atoms with Crippen LogP contribution in [-0.2, 0) is 14.3 Å². The monoisotopic (exact) mass is 456 g/mol. The van der Waals surface area contributed by atoms with Gasteiger partial charge in [0, 0.05) is 6.08 Å². The van der Waals surface area contributed by atoms with Gasteiger partial charge < -0.3 is 14.2 Å². The molecule has 0 aromatic heterocycles. The van der Waals surface area contributed by atoms with Gasteiger partial charge in [0.05, 0.1) is 5.56 Å². The molecule has 2 aliphatic rings. The minimum atomic E-state index is -0.542. The van der Waals surface area contributed by atoms with Crippen LogP contribution in [0.25, 0.3) is 0 Å². The zero-order chi connectivity index (χ0) is 23.5. The predicted octanol–water partition coefficient (Wildman–Crippen LogP) is 6.85. The Bertz CT molecular complexity index is 740. The molecule has 0 unspecified atom stereocenters. The molecule has 0 spiro atoms. The van der Waals surface area contributed by atoms with Gasteiger partial charge in [0.1, 0.15) is 11.9 Å². The summed E-state index contributed by atoms with van der Waals surface area (Å²) in [6.45, 7) is 5.41. The van der Waals surface area contributed by atoms with Gasteiger partial charge in [-0.05, 0) is 80.5 Å². The lowest BCUT2D eigenvalue weighted by Crippen LogP contribution is -2.29. The van der Waals surface area contributed by atoms with Crippen LogP contribution in [0.15, 0.2) is 36.9 Å². The first-order valence-corrected chi connectivity index (χ1v) is 12.8. The molecule has 2 fully saturated rings. The van der Waals surface area contributed by atoms with Crippen molar-refractivity contribution in [2.75, 3.05) is 6.79 Å². The van der Waals surface area contributed by atoms with E-state index in [1.807, 2.05) is 0 Å². The first-order valence-electron chi connectivity index (χ1n) is 12.8.